The third kappa shape index (κ3) is 3.70. The summed E-state index contributed by atoms with van der Waals surface area (Å²) >= 11 is 0. The van der Waals surface area contributed by atoms with Gasteiger partial charge in [0.25, 0.3) is 0 Å². The first-order valence-electron chi connectivity index (χ1n) is 8.04. The molecule has 0 unspecified atom stereocenters. The summed E-state index contributed by atoms with van der Waals surface area (Å²) in [6.45, 7) is 13.0. The highest BCUT2D eigenvalue weighted by atomic mass is 16.3. The van der Waals surface area contributed by atoms with E-state index in [1.165, 1.54) is 6.42 Å². The molecule has 0 amide bonds. The molecule has 2 N–H and O–H groups in total. The molecule has 0 aliphatic heterocycles. The first-order valence-corrected chi connectivity index (χ1v) is 8.04. The van der Waals surface area contributed by atoms with E-state index in [1.807, 2.05) is 13.0 Å². The Bertz CT molecular complexity index is 471. The Hall–Kier alpha value is -0.800. The first-order chi connectivity index (χ1) is 9.57. The lowest BCUT2D eigenvalue weighted by atomic mass is 9.58. The van der Waals surface area contributed by atoms with Crippen LogP contribution >= 0.6 is 0 Å². The number of rotatable bonds is 4. The predicted octanol–water partition coefficient (Wildman–Crippen LogP) is 3.95. The maximum atomic E-state index is 6.27. The topological polar surface area (TPSA) is 42.4 Å². The molecule has 3 nitrogen and oxygen atoms in total. The van der Waals surface area contributed by atoms with Gasteiger partial charge >= 0.3 is 0 Å². The smallest absolute Gasteiger partial charge is 0.118 e. The summed E-state index contributed by atoms with van der Waals surface area (Å²) in [4.78, 5) is 2.42. The van der Waals surface area contributed by atoms with E-state index in [-0.39, 0.29) is 5.54 Å². The van der Waals surface area contributed by atoms with Gasteiger partial charge in [0.2, 0.25) is 0 Å². The minimum Gasteiger partial charge on any atom is -0.465 e. The maximum absolute atomic E-state index is 6.27. The highest BCUT2D eigenvalue weighted by molar-refractivity contribution is 5.08. The van der Waals surface area contributed by atoms with Crippen molar-refractivity contribution in [1.29, 1.82) is 0 Å². The Balaban J connectivity index is 2.23. The van der Waals surface area contributed by atoms with Gasteiger partial charge in [-0.25, -0.2) is 0 Å². The SMILES string of the molecule is Cc1ccc(CN(C)C2(CN)CC(C)(C)CC(C)(C)C2)o1. The van der Waals surface area contributed by atoms with Crippen molar-refractivity contribution in [3.63, 3.8) is 0 Å². The Labute approximate surface area is 129 Å². The fraction of sp³-hybridized carbons (Fsp3) is 0.778. The second-order valence-electron chi connectivity index (χ2n) is 8.66. The Morgan fingerprint density at radius 2 is 1.67 bits per heavy atom. The minimum absolute atomic E-state index is 0.0615. The largest absolute Gasteiger partial charge is 0.465 e. The highest BCUT2D eigenvalue weighted by Gasteiger charge is 2.48. The van der Waals surface area contributed by atoms with Gasteiger partial charge in [0.1, 0.15) is 11.5 Å². The van der Waals surface area contributed by atoms with E-state index in [0.29, 0.717) is 17.4 Å². The van der Waals surface area contributed by atoms with Crippen molar-refractivity contribution < 1.29 is 4.42 Å². The van der Waals surface area contributed by atoms with Crippen LogP contribution in [0, 0.1) is 17.8 Å². The molecule has 120 valence electrons. The van der Waals surface area contributed by atoms with Crippen LogP contribution in [-0.2, 0) is 6.54 Å². The van der Waals surface area contributed by atoms with Crippen molar-refractivity contribution in [1.82, 2.24) is 4.90 Å². The van der Waals surface area contributed by atoms with Gasteiger partial charge in [-0.15, -0.1) is 0 Å². The maximum Gasteiger partial charge on any atom is 0.118 e. The molecule has 1 saturated carbocycles. The normalized spacial score (nSPS) is 23.4. The summed E-state index contributed by atoms with van der Waals surface area (Å²) in [5.41, 5.74) is 6.99. The monoisotopic (exact) mass is 292 g/mol. The van der Waals surface area contributed by atoms with Crippen molar-refractivity contribution in [3.8, 4) is 0 Å². The van der Waals surface area contributed by atoms with Crippen LogP contribution in [0.4, 0.5) is 0 Å². The van der Waals surface area contributed by atoms with E-state index < -0.39 is 0 Å². The van der Waals surface area contributed by atoms with Crippen LogP contribution in [0.2, 0.25) is 0 Å². The molecule has 1 aliphatic rings. The standard InChI is InChI=1S/C18H32N2O/c1-14-7-8-15(21-14)9-20(6)18(13-19)11-16(2,3)10-17(4,5)12-18/h7-8H,9-13,19H2,1-6H3. The van der Waals surface area contributed by atoms with Crippen LogP contribution in [0.5, 0.6) is 0 Å². The Morgan fingerprint density at radius 1 is 1.10 bits per heavy atom. The van der Waals surface area contributed by atoms with Gasteiger partial charge in [-0.2, -0.15) is 0 Å². The number of hydrogen-bond donors (Lipinski definition) is 1. The van der Waals surface area contributed by atoms with Crippen LogP contribution < -0.4 is 5.73 Å². The van der Waals surface area contributed by atoms with Gasteiger partial charge < -0.3 is 10.2 Å². The zero-order valence-corrected chi connectivity index (χ0v) is 14.6. The molecule has 1 aliphatic carbocycles. The summed E-state index contributed by atoms with van der Waals surface area (Å²) < 4.78 is 5.76. The van der Waals surface area contributed by atoms with E-state index in [1.54, 1.807) is 0 Å². The molecular weight excluding hydrogens is 260 g/mol. The van der Waals surface area contributed by atoms with Gasteiger partial charge in [0.05, 0.1) is 6.54 Å². The first kappa shape index (κ1) is 16.6. The number of nitrogens with two attached hydrogens (primary N) is 1. The number of hydrogen-bond acceptors (Lipinski definition) is 3. The average molecular weight is 292 g/mol. The van der Waals surface area contributed by atoms with Crippen LogP contribution in [0.25, 0.3) is 0 Å². The van der Waals surface area contributed by atoms with E-state index in [2.05, 4.69) is 45.7 Å². The molecule has 0 spiro atoms. The van der Waals surface area contributed by atoms with Gasteiger partial charge in [-0.05, 0) is 56.2 Å². The van der Waals surface area contributed by atoms with E-state index in [4.69, 9.17) is 10.2 Å². The van der Waals surface area contributed by atoms with Gasteiger partial charge in [0, 0.05) is 12.1 Å². The lowest BCUT2D eigenvalue weighted by Gasteiger charge is -2.55. The predicted molar refractivity (Wildman–Crippen MR) is 88.1 cm³/mol. The molecule has 3 heteroatoms. The van der Waals surface area contributed by atoms with Crippen LogP contribution in [0.3, 0.4) is 0 Å². The number of aryl methyl sites for hydroxylation is 1. The quantitative estimate of drug-likeness (QED) is 0.913. The molecule has 1 aromatic heterocycles. The summed E-state index contributed by atoms with van der Waals surface area (Å²) in [5.74, 6) is 2.01. The minimum atomic E-state index is 0.0615. The zero-order chi connectivity index (χ0) is 15.9. The molecule has 0 bridgehead atoms. The van der Waals surface area contributed by atoms with Crippen molar-refractivity contribution in [2.75, 3.05) is 13.6 Å². The molecular formula is C18H32N2O. The third-order valence-corrected chi connectivity index (χ3v) is 4.95. The fourth-order valence-electron chi connectivity index (χ4n) is 4.81. The average Bonchev–Trinajstić information content (AvgIpc) is 2.70. The number of furan rings is 1. The lowest BCUT2D eigenvalue weighted by molar-refractivity contribution is -0.0379. The highest BCUT2D eigenvalue weighted by Crippen LogP contribution is 2.51. The molecule has 21 heavy (non-hydrogen) atoms. The van der Waals surface area contributed by atoms with Crippen molar-refractivity contribution in [2.24, 2.45) is 16.6 Å². The van der Waals surface area contributed by atoms with E-state index >= 15 is 0 Å². The second kappa shape index (κ2) is 5.44. The van der Waals surface area contributed by atoms with E-state index in [0.717, 1.165) is 30.9 Å². The molecule has 1 aromatic rings. The number of nitrogens with zero attached hydrogens (tertiary/aromatic N) is 1. The van der Waals surface area contributed by atoms with Crippen LogP contribution in [-0.4, -0.2) is 24.0 Å². The second-order valence-corrected chi connectivity index (χ2v) is 8.66. The van der Waals surface area contributed by atoms with Crippen molar-refractivity contribution in [3.05, 3.63) is 23.7 Å². The van der Waals surface area contributed by atoms with Gasteiger partial charge in [0.15, 0.2) is 0 Å². The van der Waals surface area contributed by atoms with Gasteiger partial charge in [-0.1, -0.05) is 27.7 Å². The molecule has 2 rings (SSSR count). The third-order valence-electron chi connectivity index (χ3n) is 4.95. The molecule has 0 radical (unpaired) electrons. The zero-order valence-electron chi connectivity index (χ0n) is 14.6. The van der Waals surface area contributed by atoms with Crippen molar-refractivity contribution in [2.45, 2.75) is 66.0 Å². The molecule has 0 saturated heterocycles. The molecule has 0 atom stereocenters. The molecule has 1 heterocycles. The summed E-state index contributed by atoms with van der Waals surface area (Å²) in [6.07, 6.45) is 3.56. The fourth-order valence-corrected chi connectivity index (χ4v) is 4.81. The van der Waals surface area contributed by atoms with Crippen LogP contribution in [0.15, 0.2) is 16.5 Å². The van der Waals surface area contributed by atoms with Crippen molar-refractivity contribution >= 4 is 0 Å². The van der Waals surface area contributed by atoms with E-state index in [9.17, 15) is 0 Å². The molecule has 0 aromatic carbocycles. The Kier molecular flexibility index (Phi) is 4.29. The number of likely N-dealkylation sites (N-methyl/N-ethyl adjacent to an activating group) is 1. The van der Waals surface area contributed by atoms with Gasteiger partial charge in [-0.3, -0.25) is 4.90 Å². The summed E-state index contributed by atoms with van der Waals surface area (Å²) in [6, 6.07) is 4.11. The van der Waals surface area contributed by atoms with Crippen LogP contribution in [0.1, 0.15) is 58.5 Å². The molecule has 1 fully saturated rings. The summed E-state index contributed by atoms with van der Waals surface area (Å²) in [7, 11) is 2.20. The summed E-state index contributed by atoms with van der Waals surface area (Å²) in [5, 5.41) is 0. The lowest BCUT2D eigenvalue weighted by Crippen LogP contribution is -2.59. The Morgan fingerprint density at radius 3 is 2.10 bits per heavy atom.